The Labute approximate surface area is 252 Å². The fraction of sp³-hybridized carbons (Fsp3) is 0. The molecule has 6 nitrogen and oxygen atoms in total. The van der Waals surface area contributed by atoms with Gasteiger partial charge in [0.25, 0.3) is 0 Å². The van der Waals surface area contributed by atoms with Crippen LogP contribution in [-0.4, -0.2) is 29.1 Å². The highest BCUT2D eigenvalue weighted by Gasteiger charge is 2.23. The molecule has 44 heavy (non-hydrogen) atoms. The summed E-state index contributed by atoms with van der Waals surface area (Å²) in [6.07, 6.45) is 1.99. The van der Waals surface area contributed by atoms with E-state index in [1.165, 1.54) is 0 Å². The van der Waals surface area contributed by atoms with Crippen molar-refractivity contribution in [3.63, 3.8) is 0 Å². The van der Waals surface area contributed by atoms with Crippen LogP contribution < -0.4 is 0 Å². The van der Waals surface area contributed by atoms with Gasteiger partial charge in [-0.15, -0.1) is 0 Å². The zero-order valence-corrected chi connectivity index (χ0v) is 23.5. The largest absolute Gasteiger partial charge is 0.308 e. The molecule has 9 rings (SSSR count). The van der Waals surface area contributed by atoms with Crippen molar-refractivity contribution < 1.29 is 0 Å². The van der Waals surface area contributed by atoms with E-state index in [-0.39, 0.29) is 0 Å². The summed E-state index contributed by atoms with van der Waals surface area (Å²) < 4.78 is 4.43. The van der Waals surface area contributed by atoms with Crippen LogP contribution in [-0.2, 0) is 0 Å². The van der Waals surface area contributed by atoms with Crippen molar-refractivity contribution >= 4 is 43.7 Å². The number of hydrogen-bond acceptors (Lipinski definition) is 4. The molecule has 0 bridgehead atoms. The lowest BCUT2D eigenvalue weighted by Gasteiger charge is -2.11. The molecule has 0 amide bonds. The molecule has 0 spiro atoms. The van der Waals surface area contributed by atoms with Gasteiger partial charge >= 0.3 is 0 Å². The summed E-state index contributed by atoms with van der Waals surface area (Å²) in [6, 6.07) is 47.6. The van der Waals surface area contributed by atoms with Gasteiger partial charge in [-0.2, -0.15) is 9.97 Å². The Morgan fingerprint density at radius 2 is 0.955 bits per heavy atom. The van der Waals surface area contributed by atoms with E-state index < -0.39 is 0 Å². The van der Waals surface area contributed by atoms with Gasteiger partial charge in [0, 0.05) is 39.2 Å². The molecule has 0 N–H and O–H groups in total. The monoisotopic (exact) mass is 564 g/mol. The Hall–Kier alpha value is -6.14. The first-order chi connectivity index (χ1) is 21.8. The van der Waals surface area contributed by atoms with E-state index in [9.17, 15) is 0 Å². The van der Waals surface area contributed by atoms with E-state index in [4.69, 9.17) is 19.9 Å². The van der Waals surface area contributed by atoms with E-state index in [1.807, 2.05) is 66.9 Å². The number of pyridine rings is 1. The lowest BCUT2D eigenvalue weighted by atomic mass is 10.1. The average Bonchev–Trinajstić information content (AvgIpc) is 3.62. The van der Waals surface area contributed by atoms with Crippen molar-refractivity contribution in [3.05, 3.63) is 146 Å². The average molecular weight is 565 g/mol. The summed E-state index contributed by atoms with van der Waals surface area (Å²) in [4.78, 5) is 20.2. The molecule has 0 fully saturated rings. The summed E-state index contributed by atoms with van der Waals surface area (Å²) in [6.45, 7) is 0. The van der Waals surface area contributed by atoms with Crippen LogP contribution in [0.25, 0.3) is 78.2 Å². The van der Waals surface area contributed by atoms with Gasteiger partial charge in [-0.3, -0.25) is 4.57 Å². The fourth-order valence-electron chi connectivity index (χ4n) is 6.29. The summed E-state index contributed by atoms with van der Waals surface area (Å²) in [5.74, 6) is 1.75. The molecule has 206 valence electrons. The van der Waals surface area contributed by atoms with Crippen LogP contribution in [0.4, 0.5) is 0 Å². The van der Waals surface area contributed by atoms with Crippen molar-refractivity contribution in [2.45, 2.75) is 0 Å². The van der Waals surface area contributed by atoms with Gasteiger partial charge in [0.15, 0.2) is 11.6 Å². The van der Waals surface area contributed by atoms with Crippen molar-refractivity contribution in [3.8, 4) is 34.4 Å². The third kappa shape index (κ3) is 3.68. The molecule has 4 aromatic heterocycles. The topological polar surface area (TPSA) is 61.4 Å². The molecule has 6 heteroatoms. The van der Waals surface area contributed by atoms with Crippen molar-refractivity contribution in [1.82, 2.24) is 29.1 Å². The van der Waals surface area contributed by atoms with Gasteiger partial charge in [0.05, 0.1) is 21.9 Å². The first kappa shape index (κ1) is 24.5. The number of nitrogens with zero attached hydrogens (tertiary/aromatic N) is 6. The number of aromatic nitrogens is 6. The summed E-state index contributed by atoms with van der Waals surface area (Å²) in [5.41, 5.74) is 6.97. The van der Waals surface area contributed by atoms with Crippen LogP contribution in [0.2, 0.25) is 0 Å². The van der Waals surface area contributed by atoms with Crippen molar-refractivity contribution in [2.24, 2.45) is 0 Å². The highest BCUT2D eigenvalue weighted by Crippen LogP contribution is 2.40. The van der Waals surface area contributed by atoms with Crippen LogP contribution in [0, 0.1) is 0 Å². The van der Waals surface area contributed by atoms with E-state index in [0.29, 0.717) is 17.6 Å². The highest BCUT2D eigenvalue weighted by molar-refractivity contribution is 6.24. The van der Waals surface area contributed by atoms with E-state index in [0.717, 1.165) is 60.6 Å². The van der Waals surface area contributed by atoms with Crippen LogP contribution in [0.3, 0.4) is 0 Å². The van der Waals surface area contributed by atoms with E-state index in [2.05, 4.69) is 88.0 Å². The molecule has 0 saturated heterocycles. The third-order valence-electron chi connectivity index (χ3n) is 8.22. The summed E-state index contributed by atoms with van der Waals surface area (Å²) in [5, 5.41) is 4.41. The second-order valence-electron chi connectivity index (χ2n) is 10.8. The van der Waals surface area contributed by atoms with Crippen LogP contribution in [0.5, 0.6) is 0 Å². The maximum Gasteiger partial charge on any atom is 0.240 e. The Morgan fingerprint density at radius 1 is 0.432 bits per heavy atom. The molecule has 0 unspecified atom stereocenters. The molecule has 0 aliphatic carbocycles. The number of fused-ring (bicyclic) bond motifs is 7. The minimum absolute atomic E-state index is 0.526. The highest BCUT2D eigenvalue weighted by atomic mass is 15.2. The number of hydrogen-bond donors (Lipinski definition) is 0. The minimum atomic E-state index is 0.526. The summed E-state index contributed by atoms with van der Waals surface area (Å²) >= 11 is 0. The second kappa shape index (κ2) is 9.71. The normalized spacial score (nSPS) is 11.6. The predicted octanol–water partition coefficient (Wildman–Crippen LogP) is 8.79. The molecule has 0 saturated carbocycles. The standard InChI is InChI=1S/C38H24N6/c1-4-14-25(15-5-1)35-40-36(26-16-6-2-7-17-26)42-38(41-35)44-32-23-13-11-21-29(32)33-34-30(24-39-37(33)44)28-20-10-12-22-31(28)43(34)27-18-8-3-9-19-27/h1-24H. The first-order valence-electron chi connectivity index (χ1n) is 14.6. The minimum Gasteiger partial charge on any atom is -0.308 e. The van der Waals surface area contributed by atoms with Crippen molar-refractivity contribution in [1.29, 1.82) is 0 Å². The van der Waals surface area contributed by atoms with Crippen LogP contribution >= 0.6 is 0 Å². The molecule has 0 aliphatic heterocycles. The summed E-state index contributed by atoms with van der Waals surface area (Å²) in [7, 11) is 0. The molecule has 0 atom stereocenters. The number of para-hydroxylation sites is 3. The number of benzene rings is 5. The van der Waals surface area contributed by atoms with Crippen molar-refractivity contribution in [2.75, 3.05) is 0 Å². The Kier molecular flexibility index (Phi) is 5.40. The number of rotatable bonds is 4. The molecular formula is C38H24N6. The Morgan fingerprint density at radius 3 is 1.59 bits per heavy atom. The first-order valence-corrected chi connectivity index (χ1v) is 14.6. The van der Waals surface area contributed by atoms with Gasteiger partial charge in [-0.1, -0.05) is 115 Å². The molecule has 0 aliphatic rings. The van der Waals surface area contributed by atoms with E-state index in [1.54, 1.807) is 0 Å². The molecule has 5 aromatic carbocycles. The zero-order valence-electron chi connectivity index (χ0n) is 23.5. The Bertz CT molecular complexity index is 2420. The maximum atomic E-state index is 5.13. The third-order valence-corrected chi connectivity index (χ3v) is 8.22. The molecule has 9 aromatic rings. The van der Waals surface area contributed by atoms with Crippen LogP contribution in [0.15, 0.2) is 146 Å². The SMILES string of the molecule is c1ccc(-c2nc(-c3ccccc3)nc(-n3c4ccccc4c4c3ncc3c5ccccc5n(-c5ccccc5)c34)n2)cc1. The lowest BCUT2D eigenvalue weighted by Crippen LogP contribution is -2.07. The predicted molar refractivity (Wildman–Crippen MR) is 177 cm³/mol. The quantitative estimate of drug-likeness (QED) is 0.214. The maximum absolute atomic E-state index is 5.13. The fourth-order valence-corrected chi connectivity index (χ4v) is 6.29. The lowest BCUT2D eigenvalue weighted by molar-refractivity contribution is 0.944. The smallest absolute Gasteiger partial charge is 0.240 e. The van der Waals surface area contributed by atoms with Gasteiger partial charge in [0.1, 0.15) is 5.65 Å². The molecule has 0 radical (unpaired) electrons. The van der Waals surface area contributed by atoms with Gasteiger partial charge in [0.2, 0.25) is 5.95 Å². The van der Waals surface area contributed by atoms with Gasteiger partial charge < -0.3 is 4.57 Å². The molecular weight excluding hydrogens is 540 g/mol. The van der Waals surface area contributed by atoms with Crippen LogP contribution in [0.1, 0.15) is 0 Å². The van der Waals surface area contributed by atoms with Gasteiger partial charge in [-0.25, -0.2) is 9.97 Å². The van der Waals surface area contributed by atoms with E-state index >= 15 is 0 Å². The Balaban J connectivity index is 1.43. The molecule has 4 heterocycles. The zero-order chi connectivity index (χ0) is 29.0. The van der Waals surface area contributed by atoms with Gasteiger partial charge in [-0.05, 0) is 24.3 Å². The second-order valence-corrected chi connectivity index (χ2v) is 10.8.